The van der Waals surface area contributed by atoms with Crippen molar-refractivity contribution in [2.75, 3.05) is 42.7 Å². The summed E-state index contributed by atoms with van der Waals surface area (Å²) in [6.07, 6.45) is 1.20. The van der Waals surface area contributed by atoms with Gasteiger partial charge < -0.3 is 10.2 Å². The number of benzene rings is 2. The van der Waals surface area contributed by atoms with Crippen molar-refractivity contribution in [2.45, 2.75) is 0 Å². The average Bonchev–Trinajstić information content (AvgIpc) is 2.61. The Kier molecular flexibility index (Phi) is 5.24. The molecule has 1 N–H and O–H groups in total. The molecule has 3 rings (SSSR count). The van der Waals surface area contributed by atoms with Crippen LogP contribution in [0.5, 0.6) is 0 Å². The molecule has 6 nitrogen and oxygen atoms in total. The fourth-order valence-electron chi connectivity index (χ4n) is 2.94. The summed E-state index contributed by atoms with van der Waals surface area (Å²) in [4.78, 5) is 14.4. The Labute approximate surface area is 152 Å². The van der Waals surface area contributed by atoms with E-state index in [1.807, 2.05) is 17.0 Å². The van der Waals surface area contributed by atoms with Crippen molar-refractivity contribution in [3.8, 4) is 0 Å². The van der Waals surface area contributed by atoms with Gasteiger partial charge in [0.1, 0.15) is 5.82 Å². The first-order chi connectivity index (χ1) is 12.3. The number of hydrogen-bond acceptors (Lipinski definition) is 4. The quantitative estimate of drug-likeness (QED) is 0.887. The van der Waals surface area contributed by atoms with Gasteiger partial charge in [-0.2, -0.15) is 4.31 Å². The largest absolute Gasteiger partial charge is 0.367 e. The van der Waals surface area contributed by atoms with Gasteiger partial charge in [-0.05, 0) is 30.3 Å². The second kappa shape index (κ2) is 7.43. The lowest BCUT2D eigenvalue weighted by Crippen LogP contribution is -2.48. The van der Waals surface area contributed by atoms with E-state index in [1.165, 1.54) is 28.8 Å². The van der Waals surface area contributed by atoms with E-state index in [0.29, 0.717) is 31.9 Å². The van der Waals surface area contributed by atoms with Crippen LogP contribution in [-0.4, -0.2) is 51.1 Å². The molecule has 0 unspecified atom stereocenters. The van der Waals surface area contributed by atoms with Crippen molar-refractivity contribution in [1.82, 2.24) is 4.31 Å². The Morgan fingerprint density at radius 3 is 2.38 bits per heavy atom. The van der Waals surface area contributed by atoms with Crippen LogP contribution in [0, 0.1) is 5.82 Å². The number of piperazine rings is 1. The van der Waals surface area contributed by atoms with Crippen LogP contribution in [0.2, 0.25) is 0 Å². The number of sulfonamides is 1. The van der Waals surface area contributed by atoms with E-state index in [-0.39, 0.29) is 5.56 Å². The molecule has 1 saturated heterocycles. The van der Waals surface area contributed by atoms with Gasteiger partial charge in [-0.25, -0.2) is 12.8 Å². The van der Waals surface area contributed by atoms with Gasteiger partial charge in [-0.1, -0.05) is 18.2 Å². The Hall–Kier alpha value is -2.45. The highest BCUT2D eigenvalue weighted by atomic mass is 32.2. The van der Waals surface area contributed by atoms with Gasteiger partial charge in [0.05, 0.1) is 17.6 Å². The molecule has 2 aromatic carbocycles. The summed E-state index contributed by atoms with van der Waals surface area (Å²) >= 11 is 0. The number of nitrogens with zero attached hydrogens (tertiary/aromatic N) is 2. The highest BCUT2D eigenvalue weighted by Crippen LogP contribution is 2.27. The molecule has 1 aliphatic heterocycles. The van der Waals surface area contributed by atoms with Gasteiger partial charge in [-0.15, -0.1) is 0 Å². The second-order valence-corrected chi connectivity index (χ2v) is 8.11. The monoisotopic (exact) mass is 377 g/mol. The third-order valence-corrected chi connectivity index (χ3v) is 5.59. The molecule has 1 amide bonds. The van der Waals surface area contributed by atoms with E-state index < -0.39 is 21.7 Å². The SMILES string of the molecule is CS(=O)(=O)N1CCN(c2ccccc2NC(=O)c2cccc(F)c2)CC1. The molecule has 0 saturated carbocycles. The van der Waals surface area contributed by atoms with E-state index >= 15 is 0 Å². The predicted octanol–water partition coefficient (Wildman–Crippen LogP) is 2.16. The first kappa shape index (κ1) is 18.3. The van der Waals surface area contributed by atoms with E-state index in [1.54, 1.807) is 18.2 Å². The fraction of sp³-hybridized carbons (Fsp3) is 0.278. The van der Waals surface area contributed by atoms with Crippen molar-refractivity contribution in [1.29, 1.82) is 0 Å². The number of para-hydroxylation sites is 2. The first-order valence-corrected chi connectivity index (χ1v) is 10.1. The lowest BCUT2D eigenvalue weighted by atomic mass is 10.2. The number of nitrogens with one attached hydrogen (secondary N) is 1. The molecule has 1 heterocycles. The Morgan fingerprint density at radius 1 is 1.04 bits per heavy atom. The van der Waals surface area contributed by atoms with Gasteiger partial charge in [0.2, 0.25) is 10.0 Å². The van der Waals surface area contributed by atoms with E-state index in [9.17, 15) is 17.6 Å². The summed E-state index contributed by atoms with van der Waals surface area (Å²) in [5.74, 6) is -0.866. The zero-order valence-corrected chi connectivity index (χ0v) is 15.2. The second-order valence-electron chi connectivity index (χ2n) is 6.13. The molecule has 0 bridgehead atoms. The average molecular weight is 377 g/mol. The van der Waals surface area contributed by atoms with E-state index in [2.05, 4.69) is 5.32 Å². The van der Waals surface area contributed by atoms with Crippen LogP contribution in [0.3, 0.4) is 0 Å². The van der Waals surface area contributed by atoms with Crippen LogP contribution in [0.4, 0.5) is 15.8 Å². The smallest absolute Gasteiger partial charge is 0.255 e. The Morgan fingerprint density at radius 2 is 1.73 bits per heavy atom. The number of carbonyl (C=O) groups excluding carboxylic acids is 1. The molecule has 26 heavy (non-hydrogen) atoms. The number of rotatable bonds is 4. The van der Waals surface area contributed by atoms with Crippen LogP contribution in [-0.2, 0) is 10.0 Å². The maximum Gasteiger partial charge on any atom is 0.255 e. The molecular formula is C18H20FN3O3S. The van der Waals surface area contributed by atoms with Crippen molar-refractivity contribution in [3.05, 3.63) is 59.9 Å². The summed E-state index contributed by atoms with van der Waals surface area (Å²) in [7, 11) is -3.20. The van der Waals surface area contributed by atoms with Crippen molar-refractivity contribution < 1.29 is 17.6 Å². The minimum atomic E-state index is -3.20. The summed E-state index contributed by atoms with van der Waals surface area (Å²) in [5, 5.41) is 2.81. The van der Waals surface area contributed by atoms with Crippen LogP contribution in [0.25, 0.3) is 0 Å². The van der Waals surface area contributed by atoms with Crippen molar-refractivity contribution in [2.24, 2.45) is 0 Å². The third kappa shape index (κ3) is 4.20. The number of anilines is 2. The lowest BCUT2D eigenvalue weighted by molar-refractivity contribution is 0.102. The maximum atomic E-state index is 13.3. The van der Waals surface area contributed by atoms with Gasteiger partial charge in [-0.3, -0.25) is 4.79 Å². The molecule has 138 valence electrons. The normalized spacial score (nSPS) is 15.7. The summed E-state index contributed by atoms with van der Waals surface area (Å²) in [5.41, 5.74) is 1.65. The first-order valence-electron chi connectivity index (χ1n) is 8.20. The van der Waals surface area contributed by atoms with Crippen molar-refractivity contribution >= 4 is 27.3 Å². The molecule has 0 spiro atoms. The van der Waals surface area contributed by atoms with Gasteiger partial charge >= 0.3 is 0 Å². The molecule has 2 aromatic rings. The topological polar surface area (TPSA) is 69.7 Å². The van der Waals surface area contributed by atoms with Gasteiger partial charge in [0, 0.05) is 31.7 Å². The van der Waals surface area contributed by atoms with Gasteiger partial charge in [0.15, 0.2) is 0 Å². The molecule has 1 fully saturated rings. The zero-order chi connectivity index (χ0) is 18.7. The Balaban J connectivity index is 1.76. The zero-order valence-electron chi connectivity index (χ0n) is 14.4. The number of amides is 1. The highest BCUT2D eigenvalue weighted by molar-refractivity contribution is 7.88. The van der Waals surface area contributed by atoms with Gasteiger partial charge in [0.25, 0.3) is 5.91 Å². The highest BCUT2D eigenvalue weighted by Gasteiger charge is 2.24. The van der Waals surface area contributed by atoms with Crippen molar-refractivity contribution in [3.63, 3.8) is 0 Å². The number of carbonyl (C=O) groups is 1. The summed E-state index contributed by atoms with van der Waals surface area (Å²) in [6, 6.07) is 12.8. The van der Waals surface area contributed by atoms with E-state index in [4.69, 9.17) is 0 Å². The van der Waals surface area contributed by atoms with Crippen LogP contribution >= 0.6 is 0 Å². The standard InChI is InChI=1S/C18H20FN3O3S/c1-26(24,25)22-11-9-21(10-12-22)17-8-3-2-7-16(17)20-18(23)14-5-4-6-15(19)13-14/h2-8,13H,9-12H2,1H3,(H,20,23). The molecule has 0 atom stereocenters. The van der Waals surface area contributed by atoms with Crippen LogP contribution in [0.15, 0.2) is 48.5 Å². The molecule has 0 aliphatic carbocycles. The van der Waals surface area contributed by atoms with Crippen LogP contribution < -0.4 is 10.2 Å². The molecule has 0 radical (unpaired) electrons. The summed E-state index contributed by atoms with van der Waals surface area (Å²) < 4.78 is 38.1. The van der Waals surface area contributed by atoms with Crippen LogP contribution in [0.1, 0.15) is 10.4 Å². The van der Waals surface area contributed by atoms with E-state index in [0.717, 1.165) is 5.69 Å². The molecular weight excluding hydrogens is 357 g/mol. The minimum Gasteiger partial charge on any atom is -0.367 e. The predicted molar refractivity (Wildman–Crippen MR) is 99.4 cm³/mol. The summed E-state index contributed by atoms with van der Waals surface area (Å²) in [6.45, 7) is 1.84. The lowest BCUT2D eigenvalue weighted by Gasteiger charge is -2.35. The Bertz CT molecular complexity index is 909. The number of halogens is 1. The molecule has 8 heteroatoms. The fourth-order valence-corrected chi connectivity index (χ4v) is 3.77. The maximum absolute atomic E-state index is 13.3. The molecule has 0 aromatic heterocycles. The third-order valence-electron chi connectivity index (χ3n) is 4.29. The number of hydrogen-bond donors (Lipinski definition) is 1. The molecule has 1 aliphatic rings. The minimum absolute atomic E-state index is 0.238.